The van der Waals surface area contributed by atoms with E-state index in [0.29, 0.717) is 5.58 Å². The van der Waals surface area contributed by atoms with Gasteiger partial charge in [-0.1, -0.05) is 133 Å². The van der Waals surface area contributed by atoms with Gasteiger partial charge in [-0.2, -0.15) is 0 Å². The van der Waals surface area contributed by atoms with E-state index in [4.69, 9.17) is 14.4 Å². The minimum absolute atomic E-state index is 0.664. The molecule has 0 unspecified atom stereocenters. The summed E-state index contributed by atoms with van der Waals surface area (Å²) in [4.78, 5) is 9.66. The van der Waals surface area contributed by atoms with Crippen molar-refractivity contribution in [3.63, 3.8) is 0 Å². The minimum Gasteiger partial charge on any atom is -0.450 e. The fourth-order valence-corrected chi connectivity index (χ4v) is 7.26. The zero-order chi connectivity index (χ0) is 33.0. The topological polar surface area (TPSA) is 43.9 Å². The Morgan fingerprint density at radius 3 is 1.34 bits per heavy atom. The van der Waals surface area contributed by atoms with Crippen molar-refractivity contribution in [3.05, 3.63) is 176 Å². The predicted octanol–water partition coefficient (Wildman–Crippen LogP) is 12.1. The van der Waals surface area contributed by atoms with Crippen LogP contribution in [0.25, 0.3) is 94.2 Å². The van der Waals surface area contributed by atoms with Crippen LogP contribution in [0.15, 0.2) is 181 Å². The van der Waals surface area contributed by atoms with Gasteiger partial charge in [0.1, 0.15) is 17.4 Å². The van der Waals surface area contributed by atoms with Gasteiger partial charge in [-0.3, -0.25) is 4.57 Å². The van der Waals surface area contributed by atoms with Gasteiger partial charge in [0.2, 0.25) is 0 Å². The van der Waals surface area contributed by atoms with Crippen LogP contribution < -0.4 is 0 Å². The molecule has 0 radical (unpaired) electrons. The summed E-state index contributed by atoms with van der Waals surface area (Å²) in [6.07, 6.45) is 1.66. The molecule has 0 aliphatic rings. The fourth-order valence-electron chi connectivity index (χ4n) is 7.26. The lowest BCUT2D eigenvalue weighted by Gasteiger charge is -2.08. The highest BCUT2D eigenvalue weighted by atomic mass is 16.3. The highest BCUT2D eigenvalue weighted by Crippen LogP contribution is 2.40. The molecule has 0 atom stereocenters. The number of nitrogens with zero attached hydrogens (tertiary/aromatic N) is 3. The quantitative estimate of drug-likeness (QED) is 0.188. The third-order valence-corrected chi connectivity index (χ3v) is 9.75. The van der Waals surface area contributed by atoms with Crippen LogP contribution in [0, 0.1) is 0 Å². The molecule has 7 aromatic carbocycles. The lowest BCUT2D eigenvalue weighted by molar-refractivity contribution is 0.662. The fraction of sp³-hybridized carbons (Fsp3) is 0. The summed E-state index contributed by atoms with van der Waals surface area (Å²) in [7, 11) is 0. The summed E-state index contributed by atoms with van der Waals surface area (Å²) in [5.41, 5.74) is 13.7. The van der Waals surface area contributed by atoms with Crippen molar-refractivity contribution in [3.8, 4) is 50.3 Å². The third kappa shape index (κ3) is 4.61. The number of rotatable bonds is 5. The molecular weight excluding hydrogens is 611 g/mol. The Labute approximate surface area is 288 Å². The first kappa shape index (κ1) is 28.3. The average molecular weight is 640 g/mol. The number of fused-ring (bicyclic) bond motifs is 6. The van der Waals surface area contributed by atoms with Crippen LogP contribution in [0.4, 0.5) is 0 Å². The minimum atomic E-state index is 0.664. The number of aromatic nitrogens is 3. The molecule has 3 heterocycles. The summed E-state index contributed by atoms with van der Waals surface area (Å²) in [5.74, 6) is 0.722. The van der Waals surface area contributed by atoms with Crippen molar-refractivity contribution in [2.24, 2.45) is 0 Å². The molecule has 50 heavy (non-hydrogen) atoms. The van der Waals surface area contributed by atoms with E-state index in [-0.39, 0.29) is 0 Å². The molecule has 0 saturated carbocycles. The highest BCUT2D eigenvalue weighted by Gasteiger charge is 2.21. The summed E-state index contributed by atoms with van der Waals surface area (Å²) in [5, 5.41) is 3.28. The highest BCUT2D eigenvalue weighted by molar-refractivity contribution is 6.13. The molecule has 0 N–H and O–H groups in total. The van der Waals surface area contributed by atoms with Crippen molar-refractivity contribution in [1.82, 2.24) is 14.5 Å². The van der Waals surface area contributed by atoms with Gasteiger partial charge in [0.25, 0.3) is 0 Å². The molecule has 0 fully saturated rings. The number of hydrogen-bond donors (Lipinski definition) is 0. The second-order valence-corrected chi connectivity index (χ2v) is 12.7. The van der Waals surface area contributed by atoms with Gasteiger partial charge in [0.15, 0.2) is 11.4 Å². The predicted molar refractivity (Wildman–Crippen MR) is 205 cm³/mol. The zero-order valence-corrected chi connectivity index (χ0v) is 27.0. The molecule has 0 amide bonds. The van der Waals surface area contributed by atoms with Crippen molar-refractivity contribution in [2.75, 3.05) is 0 Å². The van der Waals surface area contributed by atoms with Gasteiger partial charge in [0.05, 0.1) is 11.0 Å². The van der Waals surface area contributed by atoms with Crippen molar-refractivity contribution >= 4 is 43.9 Å². The van der Waals surface area contributed by atoms with E-state index in [1.807, 2.05) is 12.1 Å². The average Bonchev–Trinajstić information content (AvgIpc) is 3.74. The van der Waals surface area contributed by atoms with Gasteiger partial charge in [0, 0.05) is 16.2 Å². The maximum atomic E-state index is 6.61. The number of benzene rings is 7. The zero-order valence-electron chi connectivity index (χ0n) is 27.0. The lowest BCUT2D eigenvalue weighted by atomic mass is 9.99. The van der Waals surface area contributed by atoms with Crippen molar-refractivity contribution < 1.29 is 4.42 Å². The van der Waals surface area contributed by atoms with E-state index in [2.05, 4.69) is 162 Å². The van der Waals surface area contributed by atoms with Crippen molar-refractivity contribution in [1.29, 1.82) is 0 Å². The van der Waals surface area contributed by atoms with Gasteiger partial charge >= 0.3 is 0 Å². The van der Waals surface area contributed by atoms with Crippen LogP contribution in [0.5, 0.6) is 0 Å². The second-order valence-electron chi connectivity index (χ2n) is 12.7. The summed E-state index contributed by atoms with van der Waals surface area (Å²) in [6.45, 7) is 0. The largest absolute Gasteiger partial charge is 0.450 e. The van der Waals surface area contributed by atoms with Crippen LogP contribution in [0.1, 0.15) is 0 Å². The van der Waals surface area contributed by atoms with E-state index < -0.39 is 0 Å². The van der Waals surface area contributed by atoms with Crippen LogP contribution >= 0.6 is 0 Å². The Morgan fingerprint density at radius 2 is 0.800 bits per heavy atom. The smallest absolute Gasteiger partial charge is 0.197 e. The van der Waals surface area contributed by atoms with E-state index in [9.17, 15) is 0 Å². The molecule has 0 aliphatic carbocycles. The monoisotopic (exact) mass is 639 g/mol. The Hall–Kier alpha value is -6.78. The molecule has 10 rings (SSSR count). The van der Waals surface area contributed by atoms with Crippen LogP contribution in [0.2, 0.25) is 0 Å². The summed E-state index contributed by atoms with van der Waals surface area (Å²) < 4.78 is 8.84. The lowest BCUT2D eigenvalue weighted by Crippen LogP contribution is -1.98. The van der Waals surface area contributed by atoms with Crippen LogP contribution in [-0.2, 0) is 0 Å². The standard InChI is InChI=1S/C46H29N3O/c1-4-10-30(11-5-1)33-16-18-34(19-17-33)37-22-25-43-40(28-37)44-45(50-43)46(48-29-47-44)49-41-23-20-35(31-12-6-2-7-13-31)26-38(41)39-27-36(21-24-42(39)49)32-14-8-3-9-15-32/h1-29H. The molecule has 0 bridgehead atoms. The number of hydrogen-bond acceptors (Lipinski definition) is 3. The van der Waals surface area contributed by atoms with Gasteiger partial charge in [-0.15, -0.1) is 0 Å². The van der Waals surface area contributed by atoms with Crippen LogP contribution in [0.3, 0.4) is 0 Å². The second kappa shape index (κ2) is 11.4. The maximum Gasteiger partial charge on any atom is 0.197 e. The molecule has 3 aromatic heterocycles. The van der Waals surface area contributed by atoms with Crippen molar-refractivity contribution in [2.45, 2.75) is 0 Å². The molecule has 4 nitrogen and oxygen atoms in total. The first-order chi connectivity index (χ1) is 24.8. The third-order valence-electron chi connectivity index (χ3n) is 9.75. The van der Waals surface area contributed by atoms with E-state index in [1.165, 1.54) is 33.4 Å². The molecule has 10 aromatic rings. The Kier molecular flexibility index (Phi) is 6.46. The molecule has 0 saturated heterocycles. The van der Waals surface area contributed by atoms with Gasteiger partial charge in [-0.05, 0) is 80.9 Å². The van der Waals surface area contributed by atoms with E-state index in [1.54, 1.807) is 6.33 Å². The summed E-state index contributed by atoms with van der Waals surface area (Å²) in [6, 6.07) is 60.0. The molecule has 0 spiro atoms. The first-order valence-corrected chi connectivity index (χ1v) is 16.8. The molecule has 0 aliphatic heterocycles. The Bertz CT molecular complexity index is 2740. The molecule has 4 heteroatoms. The van der Waals surface area contributed by atoms with Crippen LogP contribution in [-0.4, -0.2) is 14.5 Å². The first-order valence-electron chi connectivity index (χ1n) is 16.8. The Morgan fingerprint density at radius 1 is 0.380 bits per heavy atom. The Balaban J connectivity index is 1.15. The van der Waals surface area contributed by atoms with Gasteiger partial charge in [-0.25, -0.2) is 9.97 Å². The molecular formula is C46H29N3O. The number of furan rings is 1. The van der Waals surface area contributed by atoms with E-state index in [0.717, 1.165) is 55.2 Å². The SMILES string of the molecule is c1ccc(-c2ccc(-c3ccc4oc5c(-n6c7ccc(-c8ccccc8)cc7c7cc(-c8ccccc8)ccc76)ncnc5c4c3)cc2)cc1. The van der Waals surface area contributed by atoms with Gasteiger partial charge < -0.3 is 4.42 Å². The summed E-state index contributed by atoms with van der Waals surface area (Å²) >= 11 is 0. The van der Waals surface area contributed by atoms with E-state index >= 15 is 0 Å². The normalized spacial score (nSPS) is 11.6. The molecule has 234 valence electrons. The maximum absolute atomic E-state index is 6.61.